The molecule has 10 heteroatoms. The van der Waals surface area contributed by atoms with Gasteiger partial charge in [0.1, 0.15) is 12.2 Å². The maximum atomic E-state index is 12.4. The van der Waals surface area contributed by atoms with Crippen LogP contribution < -0.4 is 11.1 Å². The number of hydrogen-bond donors (Lipinski definition) is 3. The van der Waals surface area contributed by atoms with Crippen LogP contribution in [0.4, 0.5) is 13.2 Å². The Labute approximate surface area is 117 Å². The summed E-state index contributed by atoms with van der Waals surface area (Å²) >= 11 is 0. The Morgan fingerprint density at radius 1 is 1.52 bits per heavy atom. The number of imidazole rings is 1. The van der Waals surface area contributed by atoms with E-state index in [0.29, 0.717) is 4.57 Å². The van der Waals surface area contributed by atoms with Crippen LogP contribution in [0.3, 0.4) is 0 Å². The number of nitrogens with two attached hydrogens (primary N) is 1. The van der Waals surface area contributed by atoms with Gasteiger partial charge in [0.05, 0.1) is 12.4 Å². The molecule has 4 N–H and O–H groups in total. The van der Waals surface area contributed by atoms with Crippen molar-refractivity contribution in [3.05, 3.63) is 17.7 Å². The molecule has 0 saturated carbocycles. The highest BCUT2D eigenvalue weighted by molar-refractivity contribution is 6.04. The van der Waals surface area contributed by atoms with Crippen LogP contribution in [0.1, 0.15) is 34.3 Å². The van der Waals surface area contributed by atoms with Crippen LogP contribution in [-0.4, -0.2) is 45.3 Å². The number of aromatic nitrogens is 2. The van der Waals surface area contributed by atoms with Gasteiger partial charge in [-0.15, -0.1) is 0 Å². The van der Waals surface area contributed by atoms with Gasteiger partial charge in [0, 0.05) is 6.54 Å². The van der Waals surface area contributed by atoms with E-state index in [-0.39, 0.29) is 13.0 Å². The standard InChI is InChI=1S/C11H15F3N4O3/c1-6(19)2-3-16-10(21)8-7(9(15)20)17-5-18(8)4-11(12,13)14/h5-6,19H,2-4H2,1H3,(H2,15,20)(H,16,21)/t6-/m1/s1. The smallest absolute Gasteiger partial charge is 0.393 e. The number of primary amides is 1. The molecule has 0 unspecified atom stereocenters. The lowest BCUT2D eigenvalue weighted by Crippen LogP contribution is -2.32. The fraction of sp³-hybridized carbons (Fsp3) is 0.545. The van der Waals surface area contributed by atoms with Crippen molar-refractivity contribution in [1.29, 1.82) is 0 Å². The van der Waals surface area contributed by atoms with E-state index >= 15 is 0 Å². The van der Waals surface area contributed by atoms with E-state index in [0.717, 1.165) is 6.33 Å². The van der Waals surface area contributed by atoms with Gasteiger partial charge in [0.15, 0.2) is 5.69 Å². The maximum Gasteiger partial charge on any atom is 0.406 e. The molecule has 118 valence electrons. The molecule has 7 nitrogen and oxygen atoms in total. The van der Waals surface area contributed by atoms with Crippen molar-refractivity contribution in [2.24, 2.45) is 5.73 Å². The van der Waals surface area contributed by atoms with Crippen LogP contribution in [0.2, 0.25) is 0 Å². The highest BCUT2D eigenvalue weighted by Gasteiger charge is 2.32. The van der Waals surface area contributed by atoms with Crippen LogP contribution in [0.15, 0.2) is 6.33 Å². The highest BCUT2D eigenvalue weighted by atomic mass is 19.4. The van der Waals surface area contributed by atoms with Crippen molar-refractivity contribution in [2.75, 3.05) is 6.54 Å². The molecule has 0 aliphatic rings. The zero-order chi connectivity index (χ0) is 16.2. The number of nitrogens with zero attached hydrogens (tertiary/aromatic N) is 2. The minimum Gasteiger partial charge on any atom is -0.393 e. The molecular weight excluding hydrogens is 293 g/mol. The fourth-order valence-corrected chi connectivity index (χ4v) is 1.59. The highest BCUT2D eigenvalue weighted by Crippen LogP contribution is 2.19. The summed E-state index contributed by atoms with van der Waals surface area (Å²) in [5, 5.41) is 11.4. The lowest BCUT2D eigenvalue weighted by Gasteiger charge is -2.12. The van der Waals surface area contributed by atoms with Gasteiger partial charge < -0.3 is 20.7 Å². The largest absolute Gasteiger partial charge is 0.406 e. The molecule has 0 saturated heterocycles. The molecular formula is C11H15F3N4O3. The first kappa shape index (κ1) is 17.0. The predicted molar refractivity (Wildman–Crippen MR) is 65.4 cm³/mol. The molecule has 21 heavy (non-hydrogen) atoms. The lowest BCUT2D eigenvalue weighted by molar-refractivity contribution is -0.140. The van der Waals surface area contributed by atoms with Gasteiger partial charge in [0.25, 0.3) is 11.8 Å². The Kier molecular flexibility index (Phi) is 5.30. The molecule has 0 bridgehead atoms. The summed E-state index contributed by atoms with van der Waals surface area (Å²) in [4.78, 5) is 26.5. The summed E-state index contributed by atoms with van der Waals surface area (Å²) in [6.07, 6.45) is -4.31. The first-order valence-electron chi connectivity index (χ1n) is 5.99. The van der Waals surface area contributed by atoms with Crippen molar-refractivity contribution in [3.63, 3.8) is 0 Å². The number of aliphatic hydroxyl groups is 1. The Morgan fingerprint density at radius 3 is 2.62 bits per heavy atom. The number of hydrogen-bond acceptors (Lipinski definition) is 4. The van der Waals surface area contributed by atoms with E-state index in [9.17, 15) is 22.8 Å². The molecule has 0 fully saturated rings. The predicted octanol–water partition coefficient (Wildman–Crippen LogP) is 0.0450. The summed E-state index contributed by atoms with van der Waals surface area (Å²) in [5.74, 6) is -2.01. The first-order chi connectivity index (χ1) is 9.61. The van der Waals surface area contributed by atoms with E-state index < -0.39 is 42.0 Å². The Balaban J connectivity index is 2.98. The van der Waals surface area contributed by atoms with Crippen LogP contribution in [0, 0.1) is 0 Å². The zero-order valence-corrected chi connectivity index (χ0v) is 11.1. The number of carbonyl (C=O) groups excluding carboxylic acids is 2. The number of halogens is 3. The van der Waals surface area contributed by atoms with Crippen molar-refractivity contribution in [3.8, 4) is 0 Å². The van der Waals surface area contributed by atoms with Crippen LogP contribution in [-0.2, 0) is 6.54 Å². The van der Waals surface area contributed by atoms with Crippen molar-refractivity contribution in [1.82, 2.24) is 14.9 Å². The van der Waals surface area contributed by atoms with Crippen LogP contribution >= 0.6 is 0 Å². The Hall–Kier alpha value is -2.10. The van der Waals surface area contributed by atoms with Crippen molar-refractivity contribution in [2.45, 2.75) is 32.2 Å². The van der Waals surface area contributed by atoms with E-state index in [1.165, 1.54) is 6.92 Å². The lowest BCUT2D eigenvalue weighted by atomic mass is 10.2. The molecule has 1 atom stereocenters. The van der Waals surface area contributed by atoms with E-state index in [2.05, 4.69) is 10.3 Å². The number of carbonyl (C=O) groups is 2. The number of rotatable bonds is 6. The maximum absolute atomic E-state index is 12.4. The fourth-order valence-electron chi connectivity index (χ4n) is 1.59. The van der Waals surface area contributed by atoms with Crippen LogP contribution in [0.25, 0.3) is 0 Å². The van der Waals surface area contributed by atoms with Gasteiger partial charge in [-0.1, -0.05) is 0 Å². The number of aliphatic hydroxyl groups excluding tert-OH is 1. The monoisotopic (exact) mass is 308 g/mol. The summed E-state index contributed by atoms with van der Waals surface area (Å²) in [5.41, 5.74) is 3.91. The minimum absolute atomic E-state index is 0.0336. The Morgan fingerprint density at radius 2 is 2.14 bits per heavy atom. The second-order valence-corrected chi connectivity index (χ2v) is 4.44. The first-order valence-corrected chi connectivity index (χ1v) is 5.99. The summed E-state index contributed by atoms with van der Waals surface area (Å²) < 4.78 is 37.8. The van der Waals surface area contributed by atoms with Gasteiger partial charge in [-0.25, -0.2) is 4.98 Å². The quantitative estimate of drug-likeness (QED) is 0.689. The number of alkyl halides is 3. The van der Waals surface area contributed by atoms with Crippen molar-refractivity contribution < 1.29 is 27.9 Å². The van der Waals surface area contributed by atoms with Gasteiger partial charge >= 0.3 is 6.18 Å². The summed E-state index contributed by atoms with van der Waals surface area (Å²) in [6, 6.07) is 0. The van der Waals surface area contributed by atoms with E-state index in [4.69, 9.17) is 10.8 Å². The third-order valence-corrected chi connectivity index (χ3v) is 2.48. The minimum atomic E-state index is -4.58. The van der Waals surface area contributed by atoms with Gasteiger partial charge in [0.2, 0.25) is 0 Å². The second-order valence-electron chi connectivity index (χ2n) is 4.44. The van der Waals surface area contributed by atoms with Crippen molar-refractivity contribution >= 4 is 11.8 Å². The summed E-state index contributed by atoms with van der Waals surface area (Å²) in [7, 11) is 0. The van der Waals surface area contributed by atoms with Gasteiger partial charge in [-0.05, 0) is 13.3 Å². The average molecular weight is 308 g/mol. The van der Waals surface area contributed by atoms with Gasteiger partial charge in [-0.3, -0.25) is 9.59 Å². The third-order valence-electron chi connectivity index (χ3n) is 2.48. The second kappa shape index (κ2) is 6.57. The molecule has 1 rings (SSSR count). The number of amides is 2. The number of nitrogens with one attached hydrogen (secondary N) is 1. The summed E-state index contributed by atoms with van der Waals surface area (Å²) in [6.45, 7) is 0.0627. The molecule has 0 aliphatic carbocycles. The normalized spacial score (nSPS) is 13.0. The van der Waals surface area contributed by atoms with E-state index in [1.54, 1.807) is 0 Å². The van der Waals surface area contributed by atoms with Crippen LogP contribution in [0.5, 0.6) is 0 Å². The Bertz CT molecular complexity index is 525. The molecule has 0 aliphatic heterocycles. The topological polar surface area (TPSA) is 110 Å². The molecule has 0 spiro atoms. The molecule has 1 aromatic heterocycles. The molecule has 2 amide bonds. The molecule has 1 heterocycles. The molecule has 1 aromatic rings. The average Bonchev–Trinajstić information content (AvgIpc) is 2.69. The third kappa shape index (κ3) is 5.06. The zero-order valence-electron chi connectivity index (χ0n) is 11.1. The SMILES string of the molecule is C[C@@H](O)CCNC(=O)c1c(C(N)=O)ncn1CC(F)(F)F. The van der Waals surface area contributed by atoms with Gasteiger partial charge in [-0.2, -0.15) is 13.2 Å². The molecule has 0 aromatic carbocycles. The molecule has 0 radical (unpaired) electrons. The van der Waals surface area contributed by atoms with E-state index in [1.807, 2.05) is 0 Å².